The van der Waals surface area contributed by atoms with E-state index in [-0.39, 0.29) is 5.69 Å². The smallest absolute Gasteiger partial charge is 0.236 e. The van der Waals surface area contributed by atoms with Crippen molar-refractivity contribution in [3.63, 3.8) is 0 Å². The molecule has 0 fully saturated rings. The molecule has 0 bridgehead atoms. The fourth-order valence-corrected chi connectivity index (χ4v) is 2.64. The zero-order valence-corrected chi connectivity index (χ0v) is 12.3. The Morgan fingerprint density at radius 1 is 1.32 bits per heavy atom. The van der Waals surface area contributed by atoms with Crippen molar-refractivity contribution >= 4 is 15.7 Å². The van der Waals surface area contributed by atoms with Crippen LogP contribution < -0.4 is 10.0 Å². The molecule has 1 aromatic rings. The molecule has 19 heavy (non-hydrogen) atoms. The van der Waals surface area contributed by atoms with Crippen LogP contribution in [0.1, 0.15) is 25.8 Å². The van der Waals surface area contributed by atoms with Gasteiger partial charge in [-0.15, -0.1) is 0 Å². The van der Waals surface area contributed by atoms with Gasteiger partial charge in [0.25, 0.3) is 0 Å². The maximum atomic E-state index is 13.2. The standard InChI is InChI=1S/C13H21FN2O2S/c1-4-5-15-9-11(3)19(17,18)16-13-7-10(2)6-12(14)8-13/h6-8,11,15-16H,4-5,9H2,1-3H3. The summed E-state index contributed by atoms with van der Waals surface area (Å²) in [5.74, 6) is -0.450. The van der Waals surface area contributed by atoms with Gasteiger partial charge >= 0.3 is 0 Å². The highest BCUT2D eigenvalue weighted by molar-refractivity contribution is 7.93. The van der Waals surface area contributed by atoms with Crippen molar-refractivity contribution in [1.82, 2.24) is 5.32 Å². The van der Waals surface area contributed by atoms with Gasteiger partial charge in [-0.2, -0.15) is 0 Å². The molecular formula is C13H21FN2O2S. The van der Waals surface area contributed by atoms with Crippen LogP contribution in [0.25, 0.3) is 0 Å². The van der Waals surface area contributed by atoms with Gasteiger partial charge in [0.15, 0.2) is 0 Å². The molecule has 2 N–H and O–H groups in total. The summed E-state index contributed by atoms with van der Waals surface area (Å²) < 4.78 is 39.7. The highest BCUT2D eigenvalue weighted by Crippen LogP contribution is 2.16. The lowest BCUT2D eigenvalue weighted by molar-refractivity contribution is 0.575. The molecule has 1 unspecified atom stereocenters. The first-order valence-electron chi connectivity index (χ1n) is 6.34. The minimum atomic E-state index is -3.51. The summed E-state index contributed by atoms with van der Waals surface area (Å²) in [4.78, 5) is 0. The van der Waals surface area contributed by atoms with Gasteiger partial charge in [0.05, 0.1) is 10.9 Å². The van der Waals surface area contributed by atoms with Gasteiger partial charge in [0, 0.05) is 6.54 Å². The molecule has 0 saturated carbocycles. The van der Waals surface area contributed by atoms with Crippen LogP contribution in [0.5, 0.6) is 0 Å². The third kappa shape index (κ3) is 5.16. The molecule has 1 aromatic carbocycles. The predicted molar refractivity (Wildman–Crippen MR) is 76.3 cm³/mol. The average molecular weight is 288 g/mol. The van der Waals surface area contributed by atoms with Crippen LogP contribution in [0.2, 0.25) is 0 Å². The Morgan fingerprint density at radius 3 is 2.58 bits per heavy atom. The number of nitrogens with one attached hydrogen (secondary N) is 2. The molecule has 0 radical (unpaired) electrons. The molecule has 0 spiro atoms. The first-order valence-corrected chi connectivity index (χ1v) is 7.89. The van der Waals surface area contributed by atoms with Crippen LogP contribution in [0.15, 0.2) is 18.2 Å². The number of aryl methyl sites for hydroxylation is 1. The molecule has 0 saturated heterocycles. The van der Waals surface area contributed by atoms with E-state index in [1.165, 1.54) is 12.1 Å². The Hall–Kier alpha value is -1.14. The summed E-state index contributed by atoms with van der Waals surface area (Å²) in [5.41, 5.74) is 0.939. The molecule has 6 heteroatoms. The monoisotopic (exact) mass is 288 g/mol. The molecule has 0 aliphatic carbocycles. The van der Waals surface area contributed by atoms with E-state index in [1.54, 1.807) is 19.9 Å². The lowest BCUT2D eigenvalue weighted by atomic mass is 10.2. The second-order valence-corrected chi connectivity index (χ2v) is 6.78. The van der Waals surface area contributed by atoms with E-state index in [1.807, 2.05) is 6.92 Å². The van der Waals surface area contributed by atoms with Gasteiger partial charge in [0.2, 0.25) is 10.0 Å². The van der Waals surface area contributed by atoms with Crippen molar-refractivity contribution < 1.29 is 12.8 Å². The number of rotatable bonds is 7. The van der Waals surface area contributed by atoms with Crippen molar-refractivity contribution in [1.29, 1.82) is 0 Å². The zero-order chi connectivity index (χ0) is 14.5. The molecule has 1 atom stereocenters. The van der Waals surface area contributed by atoms with Gasteiger partial charge in [-0.3, -0.25) is 4.72 Å². The topological polar surface area (TPSA) is 58.2 Å². The largest absolute Gasteiger partial charge is 0.315 e. The SMILES string of the molecule is CCCNCC(C)S(=O)(=O)Nc1cc(C)cc(F)c1. The average Bonchev–Trinajstić information content (AvgIpc) is 2.26. The number of hydrogen-bond donors (Lipinski definition) is 2. The van der Waals surface area contributed by atoms with Crippen molar-refractivity contribution in [2.75, 3.05) is 17.8 Å². The van der Waals surface area contributed by atoms with Gasteiger partial charge in [0.1, 0.15) is 5.82 Å². The molecule has 0 heterocycles. The number of anilines is 1. The lowest BCUT2D eigenvalue weighted by Crippen LogP contribution is -2.35. The number of benzene rings is 1. The van der Waals surface area contributed by atoms with Gasteiger partial charge < -0.3 is 5.32 Å². The Labute approximate surface area is 114 Å². The highest BCUT2D eigenvalue weighted by Gasteiger charge is 2.20. The minimum absolute atomic E-state index is 0.264. The van der Waals surface area contributed by atoms with Crippen LogP contribution in [0.3, 0.4) is 0 Å². The normalized spacial score (nSPS) is 13.3. The molecular weight excluding hydrogens is 267 g/mol. The summed E-state index contributed by atoms with van der Waals surface area (Å²) in [6.45, 7) is 6.50. The van der Waals surface area contributed by atoms with Crippen LogP contribution in [-0.2, 0) is 10.0 Å². The summed E-state index contributed by atoms with van der Waals surface area (Å²) in [7, 11) is -3.51. The third-order valence-electron chi connectivity index (χ3n) is 2.69. The van der Waals surface area contributed by atoms with E-state index in [0.717, 1.165) is 13.0 Å². The highest BCUT2D eigenvalue weighted by atomic mass is 32.2. The number of halogens is 1. The molecule has 108 valence electrons. The van der Waals surface area contributed by atoms with Gasteiger partial charge in [-0.25, -0.2) is 12.8 Å². The van der Waals surface area contributed by atoms with Crippen LogP contribution in [-0.4, -0.2) is 26.8 Å². The van der Waals surface area contributed by atoms with Gasteiger partial charge in [-0.1, -0.05) is 6.92 Å². The predicted octanol–water partition coefficient (Wildman–Crippen LogP) is 2.26. The fourth-order valence-electron chi connectivity index (χ4n) is 1.65. The van der Waals surface area contributed by atoms with Crippen molar-refractivity contribution in [2.24, 2.45) is 0 Å². The second kappa shape index (κ2) is 6.86. The maximum absolute atomic E-state index is 13.2. The lowest BCUT2D eigenvalue weighted by Gasteiger charge is -2.15. The van der Waals surface area contributed by atoms with E-state index in [0.29, 0.717) is 12.1 Å². The van der Waals surface area contributed by atoms with E-state index in [2.05, 4.69) is 10.0 Å². The van der Waals surface area contributed by atoms with Crippen LogP contribution in [0, 0.1) is 12.7 Å². The third-order valence-corrected chi connectivity index (χ3v) is 4.44. The van der Waals surface area contributed by atoms with E-state index < -0.39 is 21.1 Å². The number of sulfonamides is 1. The Bertz CT molecular complexity index is 497. The fraction of sp³-hybridized carbons (Fsp3) is 0.538. The Kier molecular flexibility index (Phi) is 5.75. The Balaban J connectivity index is 2.72. The summed E-state index contributed by atoms with van der Waals surface area (Å²) in [6.07, 6.45) is 0.948. The first kappa shape index (κ1) is 15.9. The van der Waals surface area contributed by atoms with Crippen molar-refractivity contribution in [2.45, 2.75) is 32.4 Å². The molecule has 0 aliphatic heterocycles. The van der Waals surface area contributed by atoms with Crippen molar-refractivity contribution in [3.05, 3.63) is 29.6 Å². The van der Waals surface area contributed by atoms with E-state index >= 15 is 0 Å². The van der Waals surface area contributed by atoms with Crippen LogP contribution >= 0.6 is 0 Å². The summed E-state index contributed by atoms with van der Waals surface area (Å²) >= 11 is 0. The number of hydrogen-bond acceptors (Lipinski definition) is 3. The zero-order valence-electron chi connectivity index (χ0n) is 11.5. The minimum Gasteiger partial charge on any atom is -0.315 e. The van der Waals surface area contributed by atoms with E-state index in [9.17, 15) is 12.8 Å². The van der Waals surface area contributed by atoms with Gasteiger partial charge in [-0.05, 0) is 50.6 Å². The van der Waals surface area contributed by atoms with Crippen molar-refractivity contribution in [3.8, 4) is 0 Å². The summed E-state index contributed by atoms with van der Waals surface area (Å²) in [5, 5.41) is 2.48. The second-order valence-electron chi connectivity index (χ2n) is 4.68. The van der Waals surface area contributed by atoms with Crippen LogP contribution in [0.4, 0.5) is 10.1 Å². The first-order chi connectivity index (χ1) is 8.85. The molecule has 4 nitrogen and oxygen atoms in total. The quantitative estimate of drug-likeness (QED) is 0.757. The molecule has 0 aromatic heterocycles. The maximum Gasteiger partial charge on any atom is 0.236 e. The summed E-state index contributed by atoms with van der Waals surface area (Å²) in [6, 6.07) is 4.13. The Morgan fingerprint density at radius 2 is 2.00 bits per heavy atom. The molecule has 1 rings (SSSR count). The molecule has 0 amide bonds. The molecule has 0 aliphatic rings. The van der Waals surface area contributed by atoms with E-state index in [4.69, 9.17) is 0 Å².